The number of nitrogens with one attached hydrogen (secondary N) is 1. The molecule has 0 aliphatic rings. The van der Waals surface area contributed by atoms with E-state index in [1.807, 2.05) is 13.8 Å². The van der Waals surface area contributed by atoms with Crippen LogP contribution in [0.5, 0.6) is 0 Å². The van der Waals surface area contributed by atoms with Crippen LogP contribution in [-0.2, 0) is 16.1 Å². The van der Waals surface area contributed by atoms with E-state index in [1.165, 1.54) is 16.6 Å². The van der Waals surface area contributed by atoms with E-state index in [0.717, 1.165) is 32.1 Å². The average molecular weight is 383 g/mol. The Hall–Kier alpha value is -2.09. The number of aromatic nitrogens is 2. The highest BCUT2D eigenvalue weighted by molar-refractivity contribution is 5.95. The molecule has 0 aliphatic carbocycles. The van der Waals surface area contributed by atoms with E-state index in [-0.39, 0.29) is 36.5 Å². The van der Waals surface area contributed by atoms with Gasteiger partial charge in [-0.2, -0.15) is 0 Å². The van der Waals surface area contributed by atoms with Crippen LogP contribution in [0.2, 0.25) is 0 Å². The molecule has 1 amide bonds. The van der Waals surface area contributed by atoms with Crippen LogP contribution in [0.3, 0.4) is 0 Å². The molecule has 8 nitrogen and oxygen atoms in total. The first-order valence-corrected chi connectivity index (χ1v) is 9.75. The highest BCUT2D eigenvalue weighted by atomic mass is 16.5. The molecule has 0 saturated carbocycles. The van der Waals surface area contributed by atoms with Crippen LogP contribution in [0, 0.1) is 5.92 Å². The summed E-state index contributed by atoms with van der Waals surface area (Å²) in [5, 5.41) is 0. The van der Waals surface area contributed by atoms with Crippen LogP contribution in [-0.4, -0.2) is 35.7 Å². The number of H-pyrrole nitrogens is 1. The molecular weight excluding hydrogens is 348 g/mol. The third-order valence-electron chi connectivity index (χ3n) is 4.35. The third-order valence-corrected chi connectivity index (χ3v) is 4.35. The summed E-state index contributed by atoms with van der Waals surface area (Å²) in [6.45, 7) is 6.86. The quantitative estimate of drug-likeness (QED) is 0.538. The largest absolute Gasteiger partial charge is 0.383 e. The van der Waals surface area contributed by atoms with E-state index >= 15 is 0 Å². The molecule has 27 heavy (non-hydrogen) atoms. The number of nitrogens with two attached hydrogens (primary N) is 1. The lowest BCUT2D eigenvalue weighted by atomic mass is 10.1. The van der Waals surface area contributed by atoms with Crippen molar-refractivity contribution in [2.24, 2.45) is 5.92 Å². The van der Waals surface area contributed by atoms with Gasteiger partial charge in [0.15, 0.2) is 5.69 Å². The summed E-state index contributed by atoms with van der Waals surface area (Å²) in [7, 11) is 1.53. The summed E-state index contributed by atoms with van der Waals surface area (Å²) in [5.74, 6) is -0.00572. The molecule has 0 bridgehead atoms. The zero-order chi connectivity index (χ0) is 20.4. The molecule has 0 fully saturated rings. The number of carbonyl (C=O) groups excluding carboxylic acids is 1. The fourth-order valence-electron chi connectivity index (χ4n) is 2.94. The third kappa shape index (κ3) is 6.86. The van der Waals surface area contributed by atoms with Gasteiger partial charge in [-0.05, 0) is 12.3 Å². The SMILES string of the molecule is CCCCCCCC(=O)N(CCOC)c1c(N)n(CC(C)C)c(=O)[nH]c1=O. The molecule has 1 rings (SSSR count). The predicted molar refractivity (Wildman–Crippen MR) is 108 cm³/mol. The van der Waals surface area contributed by atoms with E-state index in [9.17, 15) is 14.4 Å². The Morgan fingerprint density at radius 2 is 1.89 bits per heavy atom. The maximum Gasteiger partial charge on any atom is 0.330 e. The van der Waals surface area contributed by atoms with Gasteiger partial charge < -0.3 is 15.4 Å². The van der Waals surface area contributed by atoms with Crippen molar-refractivity contribution in [3.8, 4) is 0 Å². The van der Waals surface area contributed by atoms with Crippen molar-refractivity contribution in [2.45, 2.75) is 65.8 Å². The number of ether oxygens (including phenoxy) is 1. The first-order valence-electron chi connectivity index (χ1n) is 9.75. The zero-order valence-corrected chi connectivity index (χ0v) is 17.0. The summed E-state index contributed by atoms with van der Waals surface area (Å²) >= 11 is 0. The number of anilines is 2. The Morgan fingerprint density at radius 3 is 2.48 bits per heavy atom. The maximum absolute atomic E-state index is 12.8. The summed E-state index contributed by atoms with van der Waals surface area (Å²) in [5.41, 5.74) is 4.97. The van der Waals surface area contributed by atoms with Gasteiger partial charge in [-0.25, -0.2) is 4.79 Å². The molecule has 0 unspecified atom stereocenters. The average Bonchev–Trinajstić information content (AvgIpc) is 2.60. The van der Waals surface area contributed by atoms with E-state index in [2.05, 4.69) is 11.9 Å². The molecule has 8 heteroatoms. The summed E-state index contributed by atoms with van der Waals surface area (Å²) in [6.07, 6.45) is 5.42. The highest BCUT2D eigenvalue weighted by Gasteiger charge is 2.24. The fraction of sp³-hybridized carbons (Fsp3) is 0.737. The molecule has 0 spiro atoms. The van der Waals surface area contributed by atoms with Crippen LogP contribution < -0.4 is 21.9 Å². The van der Waals surface area contributed by atoms with Crippen molar-refractivity contribution in [1.29, 1.82) is 0 Å². The van der Waals surface area contributed by atoms with Gasteiger partial charge in [-0.15, -0.1) is 0 Å². The lowest BCUT2D eigenvalue weighted by molar-refractivity contribution is -0.118. The van der Waals surface area contributed by atoms with E-state index in [0.29, 0.717) is 13.0 Å². The number of nitrogens with zero attached hydrogens (tertiary/aromatic N) is 2. The second kappa shape index (κ2) is 11.6. The second-order valence-corrected chi connectivity index (χ2v) is 7.20. The first-order chi connectivity index (χ1) is 12.8. The van der Waals surface area contributed by atoms with Gasteiger partial charge in [0, 0.05) is 26.6 Å². The number of hydrogen-bond donors (Lipinski definition) is 2. The van der Waals surface area contributed by atoms with Gasteiger partial charge in [-0.3, -0.25) is 19.1 Å². The van der Waals surface area contributed by atoms with Gasteiger partial charge in [0.1, 0.15) is 5.82 Å². The maximum atomic E-state index is 12.8. The summed E-state index contributed by atoms with van der Waals surface area (Å²) < 4.78 is 6.40. The molecule has 0 aromatic carbocycles. The minimum atomic E-state index is -0.645. The lowest BCUT2D eigenvalue weighted by Gasteiger charge is -2.24. The summed E-state index contributed by atoms with van der Waals surface area (Å²) in [4.78, 5) is 41.0. The molecule has 0 radical (unpaired) electrons. The van der Waals surface area contributed by atoms with Crippen molar-refractivity contribution in [2.75, 3.05) is 30.9 Å². The van der Waals surface area contributed by atoms with E-state index in [4.69, 9.17) is 10.5 Å². The van der Waals surface area contributed by atoms with Crippen molar-refractivity contribution in [3.05, 3.63) is 20.8 Å². The van der Waals surface area contributed by atoms with Crippen LogP contribution in [0.25, 0.3) is 0 Å². The number of methoxy groups -OCH3 is 1. The molecule has 1 aromatic rings. The lowest BCUT2D eigenvalue weighted by Crippen LogP contribution is -2.42. The molecule has 3 N–H and O–H groups in total. The van der Waals surface area contributed by atoms with Gasteiger partial charge in [0.25, 0.3) is 5.56 Å². The number of aromatic amines is 1. The number of unbranched alkanes of at least 4 members (excludes halogenated alkanes) is 4. The predicted octanol–water partition coefficient (Wildman–Crippen LogP) is 2.11. The van der Waals surface area contributed by atoms with Crippen LogP contribution in [0.15, 0.2) is 9.59 Å². The number of nitrogen functional groups attached to an aromatic ring is 1. The van der Waals surface area contributed by atoms with Crippen molar-refractivity contribution >= 4 is 17.4 Å². The van der Waals surface area contributed by atoms with Gasteiger partial charge in [0.05, 0.1) is 6.61 Å². The van der Waals surface area contributed by atoms with Crippen LogP contribution in [0.1, 0.15) is 59.3 Å². The number of rotatable bonds is 12. The standard InChI is InChI=1S/C19H34N4O4/c1-5-6-7-8-9-10-15(24)22(11-12-27-4)16-17(20)23(13-14(2)3)19(26)21-18(16)25/h14H,5-13,20H2,1-4H3,(H,21,25,26). The van der Waals surface area contributed by atoms with Crippen molar-refractivity contribution in [3.63, 3.8) is 0 Å². The zero-order valence-electron chi connectivity index (χ0n) is 17.0. The highest BCUT2D eigenvalue weighted by Crippen LogP contribution is 2.19. The Bertz CT molecular complexity index is 709. The number of amides is 1. The fourth-order valence-corrected chi connectivity index (χ4v) is 2.94. The molecule has 0 aliphatic heterocycles. The molecule has 1 heterocycles. The topological polar surface area (TPSA) is 110 Å². The van der Waals surface area contributed by atoms with Gasteiger partial charge in [-0.1, -0.05) is 46.5 Å². The Morgan fingerprint density at radius 1 is 1.22 bits per heavy atom. The van der Waals surface area contributed by atoms with Crippen molar-refractivity contribution in [1.82, 2.24) is 9.55 Å². The molecule has 154 valence electrons. The van der Waals surface area contributed by atoms with Gasteiger partial charge >= 0.3 is 5.69 Å². The molecule has 1 aromatic heterocycles. The number of carbonyl (C=O) groups is 1. The molecular formula is C19H34N4O4. The second-order valence-electron chi connectivity index (χ2n) is 7.20. The monoisotopic (exact) mass is 382 g/mol. The van der Waals surface area contributed by atoms with Crippen LogP contribution >= 0.6 is 0 Å². The molecule has 0 atom stereocenters. The van der Waals surface area contributed by atoms with E-state index < -0.39 is 11.2 Å². The summed E-state index contributed by atoms with van der Waals surface area (Å²) in [6, 6.07) is 0. The minimum absolute atomic E-state index is 0.0212. The van der Waals surface area contributed by atoms with Crippen molar-refractivity contribution < 1.29 is 9.53 Å². The normalized spacial score (nSPS) is 11.1. The van der Waals surface area contributed by atoms with Crippen LogP contribution in [0.4, 0.5) is 11.5 Å². The van der Waals surface area contributed by atoms with E-state index in [1.54, 1.807) is 0 Å². The minimum Gasteiger partial charge on any atom is -0.383 e. The Balaban J connectivity index is 3.13. The Labute approximate surface area is 160 Å². The first kappa shape index (κ1) is 23.0. The molecule has 0 saturated heterocycles. The smallest absolute Gasteiger partial charge is 0.330 e. The number of hydrogen-bond acceptors (Lipinski definition) is 5. The Kier molecular flexibility index (Phi) is 9.85. The van der Waals surface area contributed by atoms with Gasteiger partial charge in [0.2, 0.25) is 5.91 Å².